The number of carbonyl (C=O) groups is 2. The van der Waals surface area contributed by atoms with Crippen molar-refractivity contribution in [3.8, 4) is 0 Å². The Labute approximate surface area is 117 Å². The molecule has 1 heterocycles. The highest BCUT2D eigenvalue weighted by Gasteiger charge is 2.41. The Morgan fingerprint density at radius 1 is 1.50 bits per heavy atom. The highest BCUT2D eigenvalue weighted by atomic mass is 16.6. The van der Waals surface area contributed by atoms with Gasteiger partial charge in [0.05, 0.1) is 18.6 Å². The first-order valence-corrected chi connectivity index (χ1v) is 6.61. The summed E-state index contributed by atoms with van der Waals surface area (Å²) < 4.78 is 10.1. The number of ether oxygens (including phenoxy) is 2. The zero-order valence-corrected chi connectivity index (χ0v) is 11.6. The lowest BCUT2D eigenvalue weighted by Crippen LogP contribution is -2.47. The van der Waals surface area contributed by atoms with Crippen molar-refractivity contribution in [2.75, 3.05) is 6.61 Å². The third-order valence-corrected chi connectivity index (χ3v) is 3.39. The van der Waals surface area contributed by atoms with Gasteiger partial charge in [-0.15, -0.1) is 0 Å². The topological polar surface area (TPSA) is 72.8 Å². The van der Waals surface area contributed by atoms with E-state index in [2.05, 4.69) is 0 Å². The number of hydrogen-bond acceptors (Lipinski definition) is 5. The molecule has 2 atom stereocenters. The zero-order chi connectivity index (χ0) is 14.8. The molecule has 5 heteroatoms. The second-order valence-corrected chi connectivity index (χ2v) is 5.09. The van der Waals surface area contributed by atoms with Gasteiger partial charge in [-0.1, -0.05) is 18.2 Å². The van der Waals surface area contributed by atoms with E-state index in [1.165, 1.54) is 6.92 Å². The van der Waals surface area contributed by atoms with Gasteiger partial charge in [-0.3, -0.25) is 4.79 Å². The third-order valence-electron chi connectivity index (χ3n) is 3.39. The lowest BCUT2D eigenvalue weighted by Gasteiger charge is -2.34. The molecule has 1 aromatic rings. The predicted molar refractivity (Wildman–Crippen MR) is 71.2 cm³/mol. The van der Waals surface area contributed by atoms with Crippen molar-refractivity contribution in [3.63, 3.8) is 0 Å². The van der Waals surface area contributed by atoms with E-state index in [-0.39, 0.29) is 13.0 Å². The third kappa shape index (κ3) is 2.99. The highest BCUT2D eigenvalue weighted by molar-refractivity contribution is 5.92. The van der Waals surface area contributed by atoms with Gasteiger partial charge in [-0.25, -0.2) is 4.79 Å². The van der Waals surface area contributed by atoms with Gasteiger partial charge >= 0.3 is 11.9 Å². The molecule has 0 aliphatic carbocycles. The van der Waals surface area contributed by atoms with E-state index in [0.717, 1.165) is 5.56 Å². The first-order chi connectivity index (χ1) is 9.44. The Balaban J connectivity index is 2.15. The van der Waals surface area contributed by atoms with Crippen LogP contribution in [0.4, 0.5) is 0 Å². The van der Waals surface area contributed by atoms with E-state index in [0.29, 0.717) is 12.0 Å². The Hall–Kier alpha value is -1.88. The van der Waals surface area contributed by atoms with Crippen LogP contribution in [0.15, 0.2) is 24.3 Å². The molecule has 0 saturated heterocycles. The number of cyclic esters (lactones) is 1. The molecule has 2 rings (SSSR count). The molecule has 0 bridgehead atoms. The van der Waals surface area contributed by atoms with Crippen LogP contribution >= 0.6 is 0 Å². The molecule has 0 unspecified atom stereocenters. The Morgan fingerprint density at radius 3 is 2.90 bits per heavy atom. The summed E-state index contributed by atoms with van der Waals surface area (Å²) in [5, 5.41) is 10.4. The van der Waals surface area contributed by atoms with Crippen LogP contribution < -0.4 is 0 Å². The number of carbonyl (C=O) groups excluding carboxylic acids is 2. The van der Waals surface area contributed by atoms with Gasteiger partial charge < -0.3 is 14.6 Å². The molecule has 20 heavy (non-hydrogen) atoms. The van der Waals surface area contributed by atoms with Crippen molar-refractivity contribution in [2.45, 2.75) is 38.4 Å². The van der Waals surface area contributed by atoms with E-state index >= 15 is 0 Å². The molecule has 0 fully saturated rings. The average Bonchev–Trinajstić information content (AvgIpc) is 2.38. The smallest absolute Gasteiger partial charge is 0.338 e. The first kappa shape index (κ1) is 14.5. The number of esters is 2. The van der Waals surface area contributed by atoms with Crippen LogP contribution in [0.2, 0.25) is 0 Å². The van der Waals surface area contributed by atoms with Gasteiger partial charge in [0.2, 0.25) is 0 Å². The SMILES string of the molecule is CCOC(=O)C[C@@](C)(O)[C@@H]1Cc2ccccc2C(=O)O1. The van der Waals surface area contributed by atoms with Crippen LogP contribution in [-0.2, 0) is 20.7 Å². The standard InChI is InChI=1S/C15H18O5/c1-3-19-13(16)9-15(2,18)12-8-10-6-4-5-7-11(10)14(17)20-12/h4-7,12,18H,3,8-9H2,1-2H3/t12-,15+/m0/s1. The van der Waals surface area contributed by atoms with Crippen LogP contribution in [0.25, 0.3) is 0 Å². The molecule has 108 valence electrons. The molecule has 1 aliphatic rings. The molecule has 1 aromatic carbocycles. The monoisotopic (exact) mass is 278 g/mol. The normalized spacial score (nSPS) is 20.6. The van der Waals surface area contributed by atoms with Crippen LogP contribution in [0.5, 0.6) is 0 Å². The fourth-order valence-electron chi connectivity index (χ4n) is 2.30. The summed E-state index contributed by atoms with van der Waals surface area (Å²) in [4.78, 5) is 23.4. The molecular weight excluding hydrogens is 260 g/mol. The van der Waals surface area contributed by atoms with Crippen molar-refractivity contribution in [1.82, 2.24) is 0 Å². The molecule has 0 saturated carbocycles. The molecule has 1 aliphatic heterocycles. The minimum Gasteiger partial charge on any atom is -0.466 e. The minimum absolute atomic E-state index is 0.207. The summed E-state index contributed by atoms with van der Waals surface area (Å²) in [5.41, 5.74) is -0.122. The van der Waals surface area contributed by atoms with E-state index in [9.17, 15) is 14.7 Å². The Kier molecular flexibility index (Phi) is 4.09. The fraction of sp³-hybridized carbons (Fsp3) is 0.467. The van der Waals surface area contributed by atoms with Gasteiger partial charge in [0.15, 0.2) is 0 Å². The van der Waals surface area contributed by atoms with Crippen LogP contribution in [0.1, 0.15) is 36.2 Å². The van der Waals surface area contributed by atoms with Crippen LogP contribution in [-0.4, -0.2) is 35.4 Å². The summed E-state index contributed by atoms with van der Waals surface area (Å²) in [6.07, 6.45) is -0.579. The van der Waals surface area contributed by atoms with Gasteiger partial charge in [-0.2, -0.15) is 0 Å². The molecule has 0 amide bonds. The second kappa shape index (κ2) is 5.63. The lowest BCUT2D eigenvalue weighted by atomic mass is 9.87. The molecule has 0 spiro atoms. The van der Waals surface area contributed by atoms with Gasteiger partial charge in [0, 0.05) is 6.42 Å². The number of fused-ring (bicyclic) bond motifs is 1. The van der Waals surface area contributed by atoms with E-state index in [1.807, 2.05) is 12.1 Å². The van der Waals surface area contributed by atoms with E-state index in [4.69, 9.17) is 9.47 Å². The van der Waals surface area contributed by atoms with Gasteiger partial charge in [-0.05, 0) is 25.5 Å². The first-order valence-electron chi connectivity index (χ1n) is 6.61. The van der Waals surface area contributed by atoms with Gasteiger partial charge in [0.25, 0.3) is 0 Å². The van der Waals surface area contributed by atoms with E-state index < -0.39 is 23.6 Å². The number of aliphatic hydroxyl groups is 1. The fourth-order valence-corrected chi connectivity index (χ4v) is 2.30. The van der Waals surface area contributed by atoms with Crippen LogP contribution in [0, 0.1) is 0 Å². The van der Waals surface area contributed by atoms with Gasteiger partial charge in [0.1, 0.15) is 11.7 Å². The van der Waals surface area contributed by atoms with Crippen molar-refractivity contribution < 1.29 is 24.2 Å². The Bertz CT molecular complexity index is 521. The summed E-state index contributed by atoms with van der Waals surface area (Å²) in [6, 6.07) is 7.10. The predicted octanol–water partition coefficient (Wildman–Crippen LogP) is 1.47. The number of rotatable bonds is 4. The van der Waals surface area contributed by atoms with Crippen molar-refractivity contribution in [3.05, 3.63) is 35.4 Å². The molecule has 0 aromatic heterocycles. The molecule has 5 nitrogen and oxygen atoms in total. The highest BCUT2D eigenvalue weighted by Crippen LogP contribution is 2.28. The summed E-state index contributed by atoms with van der Waals surface area (Å²) >= 11 is 0. The molecule has 0 radical (unpaired) electrons. The van der Waals surface area contributed by atoms with Crippen molar-refractivity contribution in [2.24, 2.45) is 0 Å². The second-order valence-electron chi connectivity index (χ2n) is 5.09. The maximum Gasteiger partial charge on any atom is 0.338 e. The Morgan fingerprint density at radius 2 is 2.20 bits per heavy atom. The van der Waals surface area contributed by atoms with Crippen LogP contribution in [0.3, 0.4) is 0 Å². The minimum atomic E-state index is -1.45. The largest absolute Gasteiger partial charge is 0.466 e. The summed E-state index contributed by atoms with van der Waals surface area (Å²) in [5.74, 6) is -0.978. The van der Waals surface area contributed by atoms with E-state index in [1.54, 1.807) is 19.1 Å². The maximum atomic E-state index is 11.9. The van der Waals surface area contributed by atoms with Crippen molar-refractivity contribution in [1.29, 1.82) is 0 Å². The lowest BCUT2D eigenvalue weighted by molar-refractivity contribution is -0.154. The zero-order valence-electron chi connectivity index (χ0n) is 11.6. The summed E-state index contributed by atoms with van der Waals surface area (Å²) in [6.45, 7) is 3.43. The maximum absolute atomic E-state index is 11.9. The molecular formula is C15H18O5. The number of hydrogen-bond donors (Lipinski definition) is 1. The average molecular weight is 278 g/mol. The number of benzene rings is 1. The summed E-state index contributed by atoms with van der Waals surface area (Å²) in [7, 11) is 0. The van der Waals surface area contributed by atoms with Crippen molar-refractivity contribution >= 4 is 11.9 Å². The molecule has 1 N–H and O–H groups in total. The quantitative estimate of drug-likeness (QED) is 0.844.